The SMILES string of the molecule is Cc1ccc2c(c1)C(=O)Nc1ccccc1O2. The molecule has 2 aromatic rings. The van der Waals surface area contributed by atoms with Gasteiger partial charge in [-0.2, -0.15) is 0 Å². The second-order valence-corrected chi connectivity index (χ2v) is 4.05. The third-order valence-corrected chi connectivity index (χ3v) is 2.73. The van der Waals surface area contributed by atoms with E-state index in [1.165, 1.54) is 0 Å². The first-order valence-corrected chi connectivity index (χ1v) is 5.43. The standard InChI is InChI=1S/C14H11NO2/c1-9-6-7-12-10(8-9)14(16)15-11-4-2-3-5-13(11)17-12/h2-8H,1H3,(H,15,16). The van der Waals surface area contributed by atoms with Gasteiger partial charge < -0.3 is 10.1 Å². The van der Waals surface area contributed by atoms with E-state index in [2.05, 4.69) is 5.32 Å². The number of amides is 1. The number of carbonyl (C=O) groups excluding carboxylic acids is 1. The summed E-state index contributed by atoms with van der Waals surface area (Å²) in [4.78, 5) is 12.0. The van der Waals surface area contributed by atoms with E-state index in [4.69, 9.17) is 4.74 Å². The molecule has 3 heteroatoms. The van der Waals surface area contributed by atoms with Crippen LogP contribution < -0.4 is 10.1 Å². The molecule has 0 radical (unpaired) electrons. The Morgan fingerprint density at radius 2 is 1.88 bits per heavy atom. The molecular weight excluding hydrogens is 214 g/mol. The Labute approximate surface area is 99.0 Å². The highest BCUT2D eigenvalue weighted by molar-refractivity contribution is 6.08. The van der Waals surface area contributed by atoms with Crippen LogP contribution in [-0.2, 0) is 0 Å². The highest BCUT2D eigenvalue weighted by Gasteiger charge is 2.20. The first-order chi connectivity index (χ1) is 8.24. The summed E-state index contributed by atoms with van der Waals surface area (Å²) < 4.78 is 5.74. The number of nitrogens with one attached hydrogen (secondary N) is 1. The molecule has 84 valence electrons. The van der Waals surface area contributed by atoms with Crippen molar-refractivity contribution >= 4 is 11.6 Å². The van der Waals surface area contributed by atoms with Crippen molar-refractivity contribution in [2.45, 2.75) is 6.92 Å². The highest BCUT2D eigenvalue weighted by atomic mass is 16.5. The molecule has 17 heavy (non-hydrogen) atoms. The Balaban J connectivity index is 2.17. The third-order valence-electron chi connectivity index (χ3n) is 2.73. The zero-order valence-electron chi connectivity index (χ0n) is 9.36. The Hall–Kier alpha value is -2.29. The number of ether oxygens (including phenoxy) is 1. The minimum absolute atomic E-state index is 0.131. The van der Waals surface area contributed by atoms with Crippen LogP contribution in [0.2, 0.25) is 0 Å². The number of fused-ring (bicyclic) bond motifs is 2. The monoisotopic (exact) mass is 225 g/mol. The lowest BCUT2D eigenvalue weighted by Crippen LogP contribution is -2.10. The molecule has 1 amide bonds. The lowest BCUT2D eigenvalue weighted by Gasteiger charge is -2.06. The van der Waals surface area contributed by atoms with Gasteiger partial charge in [0.05, 0.1) is 11.3 Å². The Bertz CT molecular complexity index is 605. The van der Waals surface area contributed by atoms with E-state index in [1.807, 2.05) is 49.4 Å². The Morgan fingerprint density at radius 1 is 1.06 bits per heavy atom. The molecular formula is C14H11NO2. The molecule has 0 saturated carbocycles. The molecule has 0 aromatic heterocycles. The van der Waals surface area contributed by atoms with E-state index < -0.39 is 0 Å². The van der Waals surface area contributed by atoms with Crippen LogP contribution in [0, 0.1) is 6.92 Å². The second-order valence-electron chi connectivity index (χ2n) is 4.05. The maximum Gasteiger partial charge on any atom is 0.259 e. The molecule has 0 saturated heterocycles. The second kappa shape index (κ2) is 3.63. The highest BCUT2D eigenvalue weighted by Crippen LogP contribution is 2.35. The Morgan fingerprint density at radius 3 is 2.76 bits per heavy atom. The molecule has 3 nitrogen and oxygen atoms in total. The zero-order valence-corrected chi connectivity index (χ0v) is 9.36. The number of aryl methyl sites for hydroxylation is 1. The smallest absolute Gasteiger partial charge is 0.259 e. The summed E-state index contributed by atoms with van der Waals surface area (Å²) in [5, 5.41) is 2.84. The molecule has 0 fully saturated rings. The summed E-state index contributed by atoms with van der Waals surface area (Å²) in [7, 11) is 0. The van der Waals surface area contributed by atoms with Gasteiger partial charge in [0.25, 0.3) is 5.91 Å². The zero-order chi connectivity index (χ0) is 11.8. The van der Waals surface area contributed by atoms with Crippen molar-refractivity contribution in [1.29, 1.82) is 0 Å². The largest absolute Gasteiger partial charge is 0.454 e. The molecule has 1 aliphatic rings. The Kier molecular flexibility index (Phi) is 2.11. The summed E-state index contributed by atoms with van der Waals surface area (Å²) in [5.74, 6) is 1.13. The van der Waals surface area contributed by atoms with Crippen LogP contribution >= 0.6 is 0 Å². The van der Waals surface area contributed by atoms with Crippen molar-refractivity contribution in [3.8, 4) is 11.5 Å². The van der Waals surface area contributed by atoms with Crippen molar-refractivity contribution in [3.05, 3.63) is 53.6 Å². The van der Waals surface area contributed by atoms with Gasteiger partial charge in [-0.25, -0.2) is 0 Å². The molecule has 3 rings (SSSR count). The van der Waals surface area contributed by atoms with E-state index in [0.717, 1.165) is 5.56 Å². The fourth-order valence-electron chi connectivity index (χ4n) is 1.88. The van der Waals surface area contributed by atoms with Crippen LogP contribution in [0.3, 0.4) is 0 Å². The van der Waals surface area contributed by atoms with Gasteiger partial charge in [0.1, 0.15) is 5.75 Å². The van der Waals surface area contributed by atoms with Crippen molar-refractivity contribution < 1.29 is 9.53 Å². The minimum Gasteiger partial charge on any atom is -0.454 e. The van der Waals surface area contributed by atoms with Crippen LogP contribution in [0.1, 0.15) is 15.9 Å². The maximum atomic E-state index is 12.0. The molecule has 0 bridgehead atoms. The van der Waals surface area contributed by atoms with Crippen LogP contribution in [0.15, 0.2) is 42.5 Å². The quantitative estimate of drug-likeness (QED) is 0.746. The van der Waals surface area contributed by atoms with Crippen molar-refractivity contribution in [3.63, 3.8) is 0 Å². The van der Waals surface area contributed by atoms with Gasteiger partial charge in [-0.3, -0.25) is 4.79 Å². The number of benzene rings is 2. The number of para-hydroxylation sites is 2. The van der Waals surface area contributed by atoms with Gasteiger partial charge >= 0.3 is 0 Å². The molecule has 0 spiro atoms. The van der Waals surface area contributed by atoms with Gasteiger partial charge in [0.2, 0.25) is 0 Å². The number of carbonyl (C=O) groups is 1. The number of hydrogen-bond donors (Lipinski definition) is 1. The van der Waals surface area contributed by atoms with Crippen LogP contribution in [0.5, 0.6) is 11.5 Å². The van der Waals surface area contributed by atoms with E-state index in [-0.39, 0.29) is 5.91 Å². The average Bonchev–Trinajstić information content (AvgIpc) is 2.46. The first kappa shape index (κ1) is 9.90. The fourth-order valence-corrected chi connectivity index (χ4v) is 1.88. The number of rotatable bonds is 0. The topological polar surface area (TPSA) is 38.3 Å². The van der Waals surface area contributed by atoms with E-state index in [0.29, 0.717) is 22.7 Å². The van der Waals surface area contributed by atoms with Crippen LogP contribution in [0.4, 0.5) is 5.69 Å². The first-order valence-electron chi connectivity index (χ1n) is 5.43. The predicted octanol–water partition coefficient (Wildman–Crippen LogP) is 3.35. The maximum absolute atomic E-state index is 12.0. The summed E-state index contributed by atoms with van der Waals surface area (Å²) in [5.41, 5.74) is 2.31. The number of anilines is 1. The molecule has 1 aliphatic heterocycles. The third kappa shape index (κ3) is 1.65. The van der Waals surface area contributed by atoms with Gasteiger partial charge in [-0.15, -0.1) is 0 Å². The molecule has 0 unspecified atom stereocenters. The summed E-state index contributed by atoms with van der Waals surface area (Å²) in [6, 6.07) is 13.0. The van der Waals surface area contributed by atoms with Gasteiger partial charge in [-0.1, -0.05) is 23.8 Å². The van der Waals surface area contributed by atoms with Gasteiger partial charge in [-0.05, 0) is 31.2 Å². The van der Waals surface area contributed by atoms with E-state index >= 15 is 0 Å². The van der Waals surface area contributed by atoms with E-state index in [9.17, 15) is 4.79 Å². The van der Waals surface area contributed by atoms with Gasteiger partial charge in [0.15, 0.2) is 5.75 Å². The molecule has 0 atom stereocenters. The van der Waals surface area contributed by atoms with Crippen LogP contribution in [0.25, 0.3) is 0 Å². The van der Waals surface area contributed by atoms with Crippen molar-refractivity contribution in [2.75, 3.05) is 5.32 Å². The number of hydrogen-bond acceptors (Lipinski definition) is 2. The van der Waals surface area contributed by atoms with Gasteiger partial charge in [0, 0.05) is 0 Å². The summed E-state index contributed by atoms with van der Waals surface area (Å²) >= 11 is 0. The summed E-state index contributed by atoms with van der Waals surface area (Å²) in [6.07, 6.45) is 0. The molecule has 1 heterocycles. The lowest BCUT2D eigenvalue weighted by molar-refractivity contribution is 0.102. The molecule has 2 aromatic carbocycles. The van der Waals surface area contributed by atoms with Crippen LogP contribution in [-0.4, -0.2) is 5.91 Å². The molecule has 0 aliphatic carbocycles. The molecule has 1 N–H and O–H groups in total. The van der Waals surface area contributed by atoms with Crippen molar-refractivity contribution in [1.82, 2.24) is 0 Å². The summed E-state index contributed by atoms with van der Waals surface area (Å²) in [6.45, 7) is 1.95. The normalized spacial score (nSPS) is 12.9. The van der Waals surface area contributed by atoms with E-state index in [1.54, 1.807) is 0 Å². The average molecular weight is 225 g/mol. The lowest BCUT2D eigenvalue weighted by atomic mass is 10.1. The fraction of sp³-hybridized carbons (Fsp3) is 0.0714. The minimum atomic E-state index is -0.131. The predicted molar refractivity (Wildman–Crippen MR) is 65.6 cm³/mol. The van der Waals surface area contributed by atoms with Crippen molar-refractivity contribution in [2.24, 2.45) is 0 Å².